The number of anilines is 1. The average Bonchev–Trinajstić information content (AvgIpc) is 2.48. The molecule has 0 aliphatic rings. The van der Waals surface area contributed by atoms with Gasteiger partial charge in [-0.1, -0.05) is 23.7 Å². The van der Waals surface area contributed by atoms with Crippen LogP contribution in [-0.4, -0.2) is 13.1 Å². The van der Waals surface area contributed by atoms with Gasteiger partial charge in [0.05, 0.1) is 13.2 Å². The van der Waals surface area contributed by atoms with Gasteiger partial charge in [0.25, 0.3) is 0 Å². The number of benzene rings is 2. The summed E-state index contributed by atoms with van der Waals surface area (Å²) < 4.78 is 5.07. The predicted octanol–water partition coefficient (Wildman–Crippen LogP) is 4.23. The molecule has 0 radical (unpaired) electrons. The molecule has 0 spiro atoms. The van der Waals surface area contributed by atoms with Crippen LogP contribution in [0.2, 0.25) is 5.02 Å². The van der Waals surface area contributed by atoms with Crippen LogP contribution in [0.1, 0.15) is 18.5 Å². The summed E-state index contributed by atoms with van der Waals surface area (Å²) >= 11 is 5.94. The van der Waals surface area contributed by atoms with Gasteiger partial charge in [-0.25, -0.2) is 4.79 Å². The van der Waals surface area contributed by atoms with E-state index in [1.165, 1.54) is 0 Å². The third kappa shape index (κ3) is 4.39. The van der Waals surface area contributed by atoms with Gasteiger partial charge in [0.1, 0.15) is 5.75 Å². The number of urea groups is 1. The van der Waals surface area contributed by atoms with E-state index in [0.29, 0.717) is 10.7 Å². The summed E-state index contributed by atoms with van der Waals surface area (Å²) in [5.41, 5.74) is 1.65. The molecule has 0 aliphatic heterocycles. The van der Waals surface area contributed by atoms with Gasteiger partial charge in [0.15, 0.2) is 0 Å². The molecule has 2 N–H and O–H groups in total. The van der Waals surface area contributed by atoms with Crippen LogP contribution in [0.25, 0.3) is 0 Å². The Morgan fingerprint density at radius 3 is 2.52 bits per heavy atom. The summed E-state index contributed by atoms with van der Waals surface area (Å²) in [6.07, 6.45) is 0. The maximum Gasteiger partial charge on any atom is 0.319 e. The Morgan fingerprint density at radius 2 is 1.90 bits per heavy atom. The van der Waals surface area contributed by atoms with Crippen molar-refractivity contribution in [2.75, 3.05) is 12.4 Å². The summed E-state index contributed by atoms with van der Waals surface area (Å²) in [5, 5.41) is 6.28. The highest BCUT2D eigenvalue weighted by atomic mass is 35.5. The van der Waals surface area contributed by atoms with E-state index in [-0.39, 0.29) is 12.1 Å². The zero-order valence-electron chi connectivity index (χ0n) is 11.9. The van der Waals surface area contributed by atoms with E-state index < -0.39 is 0 Å². The normalized spacial score (nSPS) is 11.6. The average molecular weight is 305 g/mol. The first-order chi connectivity index (χ1) is 10.1. The van der Waals surface area contributed by atoms with Crippen molar-refractivity contribution in [3.63, 3.8) is 0 Å². The van der Waals surface area contributed by atoms with Crippen molar-refractivity contribution >= 4 is 23.3 Å². The second kappa shape index (κ2) is 6.99. The first kappa shape index (κ1) is 15.2. The van der Waals surface area contributed by atoms with Crippen LogP contribution < -0.4 is 15.4 Å². The van der Waals surface area contributed by atoms with Crippen molar-refractivity contribution in [1.82, 2.24) is 5.32 Å². The Kier molecular flexibility index (Phi) is 5.06. The van der Waals surface area contributed by atoms with Crippen molar-refractivity contribution in [2.24, 2.45) is 0 Å². The molecule has 110 valence electrons. The number of rotatable bonds is 4. The van der Waals surface area contributed by atoms with Gasteiger partial charge >= 0.3 is 6.03 Å². The molecule has 0 fully saturated rings. The zero-order valence-corrected chi connectivity index (χ0v) is 12.6. The summed E-state index contributed by atoms with van der Waals surface area (Å²) in [6, 6.07) is 14.1. The molecule has 0 aliphatic carbocycles. The molecule has 1 unspecified atom stereocenters. The minimum atomic E-state index is -0.271. The Hall–Kier alpha value is -2.20. The van der Waals surface area contributed by atoms with E-state index in [2.05, 4.69) is 10.6 Å². The van der Waals surface area contributed by atoms with Gasteiger partial charge in [-0.2, -0.15) is 0 Å². The van der Waals surface area contributed by atoms with Crippen LogP contribution in [0.3, 0.4) is 0 Å². The fraction of sp³-hybridized carbons (Fsp3) is 0.188. The number of nitrogens with one attached hydrogen (secondary N) is 2. The number of carbonyl (C=O) groups excluding carboxylic acids is 1. The Morgan fingerprint density at radius 1 is 1.19 bits per heavy atom. The van der Waals surface area contributed by atoms with Crippen molar-refractivity contribution < 1.29 is 9.53 Å². The van der Waals surface area contributed by atoms with Gasteiger partial charge in [-0.05, 0) is 48.9 Å². The van der Waals surface area contributed by atoms with E-state index in [0.717, 1.165) is 11.3 Å². The molecular weight excluding hydrogens is 288 g/mol. The number of methoxy groups -OCH3 is 1. The molecule has 2 rings (SSSR count). The molecular formula is C16H17ClN2O2. The first-order valence-corrected chi connectivity index (χ1v) is 6.93. The van der Waals surface area contributed by atoms with Crippen molar-refractivity contribution in [2.45, 2.75) is 13.0 Å². The Labute approximate surface area is 129 Å². The molecule has 0 saturated heterocycles. The van der Waals surface area contributed by atoms with Gasteiger partial charge in [0, 0.05) is 10.7 Å². The van der Waals surface area contributed by atoms with Crippen LogP contribution in [0, 0.1) is 0 Å². The quantitative estimate of drug-likeness (QED) is 0.888. The van der Waals surface area contributed by atoms with Crippen LogP contribution in [0.5, 0.6) is 5.75 Å². The maximum atomic E-state index is 11.9. The SMILES string of the molecule is COc1ccc(NC(=O)NC(C)c2cccc(Cl)c2)cc1. The van der Waals surface area contributed by atoms with Gasteiger partial charge in [0.2, 0.25) is 0 Å². The summed E-state index contributed by atoms with van der Waals surface area (Å²) in [5.74, 6) is 0.744. The fourth-order valence-electron chi connectivity index (χ4n) is 1.90. The van der Waals surface area contributed by atoms with Crippen LogP contribution >= 0.6 is 11.6 Å². The number of amides is 2. The number of hydrogen-bond donors (Lipinski definition) is 2. The smallest absolute Gasteiger partial charge is 0.319 e. The molecule has 0 bridgehead atoms. The minimum Gasteiger partial charge on any atom is -0.497 e. The number of hydrogen-bond acceptors (Lipinski definition) is 2. The lowest BCUT2D eigenvalue weighted by Gasteiger charge is -2.15. The first-order valence-electron chi connectivity index (χ1n) is 6.55. The summed E-state index contributed by atoms with van der Waals surface area (Å²) in [4.78, 5) is 11.9. The highest BCUT2D eigenvalue weighted by molar-refractivity contribution is 6.30. The molecule has 2 amide bonds. The summed E-state index contributed by atoms with van der Waals surface area (Å²) in [7, 11) is 1.60. The Bertz CT molecular complexity index is 614. The standard InChI is InChI=1S/C16H17ClN2O2/c1-11(12-4-3-5-13(17)10-12)18-16(20)19-14-6-8-15(21-2)9-7-14/h3-11H,1-2H3,(H2,18,19,20). The van der Waals surface area contributed by atoms with E-state index in [4.69, 9.17) is 16.3 Å². The molecule has 5 heteroatoms. The lowest BCUT2D eigenvalue weighted by Crippen LogP contribution is -2.31. The third-order valence-electron chi connectivity index (χ3n) is 3.04. The molecule has 2 aromatic rings. The van der Waals surface area contributed by atoms with Gasteiger partial charge in [-0.15, -0.1) is 0 Å². The molecule has 1 atom stereocenters. The molecule has 0 heterocycles. The highest BCUT2D eigenvalue weighted by Gasteiger charge is 2.09. The number of ether oxygens (including phenoxy) is 1. The van der Waals surface area contributed by atoms with Crippen LogP contribution in [-0.2, 0) is 0 Å². The predicted molar refractivity (Wildman–Crippen MR) is 85.0 cm³/mol. The molecule has 0 aromatic heterocycles. The number of carbonyl (C=O) groups is 1. The third-order valence-corrected chi connectivity index (χ3v) is 3.28. The highest BCUT2D eigenvalue weighted by Crippen LogP contribution is 2.18. The molecule has 0 saturated carbocycles. The second-order valence-corrected chi connectivity index (χ2v) is 5.04. The van der Waals surface area contributed by atoms with Gasteiger partial charge < -0.3 is 15.4 Å². The lowest BCUT2D eigenvalue weighted by molar-refractivity contribution is 0.249. The monoisotopic (exact) mass is 304 g/mol. The van der Waals surface area contributed by atoms with Crippen LogP contribution in [0.4, 0.5) is 10.5 Å². The lowest BCUT2D eigenvalue weighted by atomic mass is 10.1. The van der Waals surface area contributed by atoms with Crippen molar-refractivity contribution in [3.05, 3.63) is 59.1 Å². The van der Waals surface area contributed by atoms with E-state index >= 15 is 0 Å². The second-order valence-electron chi connectivity index (χ2n) is 4.60. The zero-order chi connectivity index (χ0) is 15.2. The number of halogens is 1. The Balaban J connectivity index is 1.94. The molecule has 21 heavy (non-hydrogen) atoms. The maximum absolute atomic E-state index is 11.9. The molecule has 2 aromatic carbocycles. The van der Waals surface area contributed by atoms with Gasteiger partial charge in [-0.3, -0.25) is 0 Å². The molecule has 4 nitrogen and oxygen atoms in total. The van der Waals surface area contributed by atoms with Crippen molar-refractivity contribution in [1.29, 1.82) is 0 Å². The summed E-state index contributed by atoms with van der Waals surface area (Å²) in [6.45, 7) is 1.90. The van der Waals surface area contributed by atoms with E-state index in [9.17, 15) is 4.79 Å². The van der Waals surface area contributed by atoms with Crippen molar-refractivity contribution in [3.8, 4) is 5.75 Å². The fourth-order valence-corrected chi connectivity index (χ4v) is 2.10. The van der Waals surface area contributed by atoms with E-state index in [1.807, 2.05) is 25.1 Å². The minimum absolute atomic E-state index is 0.137. The topological polar surface area (TPSA) is 50.4 Å². The van der Waals surface area contributed by atoms with E-state index in [1.54, 1.807) is 37.4 Å². The largest absolute Gasteiger partial charge is 0.497 e. The van der Waals surface area contributed by atoms with Crippen LogP contribution in [0.15, 0.2) is 48.5 Å².